The molecule has 2 atom stereocenters. The summed E-state index contributed by atoms with van der Waals surface area (Å²) in [6.45, 7) is 7.62. The molecule has 2 unspecified atom stereocenters. The standard InChI is InChI=1S/C17H26N2O2S/c1-17(2,3)13-4-8-16(9-5-13)22(20,21)19-11-10-14-6-7-15(12-19)18-14/h4-5,8-9,14-15,18H,6-7,10-12H2,1-3H3. The third kappa shape index (κ3) is 3.07. The van der Waals surface area contributed by atoms with Gasteiger partial charge in [0, 0.05) is 25.2 Å². The average Bonchev–Trinajstić information content (AvgIpc) is 2.77. The number of nitrogens with zero attached hydrogens (tertiary/aromatic N) is 1. The molecule has 2 heterocycles. The lowest BCUT2D eigenvalue weighted by molar-refractivity contribution is 0.383. The maximum atomic E-state index is 12.9. The first-order valence-electron chi connectivity index (χ1n) is 8.13. The topological polar surface area (TPSA) is 49.4 Å². The van der Waals surface area contributed by atoms with Gasteiger partial charge in [-0.3, -0.25) is 0 Å². The maximum absolute atomic E-state index is 12.9. The van der Waals surface area contributed by atoms with Gasteiger partial charge in [-0.2, -0.15) is 4.31 Å². The normalized spacial score (nSPS) is 26.9. The van der Waals surface area contributed by atoms with Crippen LogP contribution in [0.25, 0.3) is 0 Å². The van der Waals surface area contributed by atoms with Gasteiger partial charge < -0.3 is 5.32 Å². The molecule has 1 N–H and O–H groups in total. The second-order valence-corrected chi connectivity index (χ2v) is 9.50. The van der Waals surface area contributed by atoms with Crippen molar-refractivity contribution in [3.63, 3.8) is 0 Å². The van der Waals surface area contributed by atoms with E-state index in [1.807, 2.05) is 12.1 Å². The number of nitrogens with one attached hydrogen (secondary N) is 1. The Balaban J connectivity index is 1.83. The van der Waals surface area contributed by atoms with Gasteiger partial charge in [0.15, 0.2) is 0 Å². The molecule has 22 heavy (non-hydrogen) atoms. The number of hydrogen-bond acceptors (Lipinski definition) is 3. The summed E-state index contributed by atoms with van der Waals surface area (Å²) in [4.78, 5) is 0.415. The van der Waals surface area contributed by atoms with Crippen molar-refractivity contribution in [2.45, 2.75) is 62.4 Å². The Kier molecular flexibility index (Phi) is 4.08. The van der Waals surface area contributed by atoms with Crippen molar-refractivity contribution >= 4 is 10.0 Å². The summed E-state index contributed by atoms with van der Waals surface area (Å²) < 4.78 is 27.4. The lowest BCUT2D eigenvalue weighted by Gasteiger charge is -2.24. The van der Waals surface area contributed by atoms with Crippen LogP contribution in [0.1, 0.15) is 45.6 Å². The molecular formula is C17H26N2O2S. The van der Waals surface area contributed by atoms with Crippen LogP contribution in [-0.2, 0) is 15.4 Å². The first kappa shape index (κ1) is 16.0. The molecule has 0 amide bonds. The predicted molar refractivity (Wildman–Crippen MR) is 88.5 cm³/mol. The molecule has 0 spiro atoms. The van der Waals surface area contributed by atoms with Gasteiger partial charge in [0.05, 0.1) is 4.90 Å². The second kappa shape index (κ2) is 5.62. The minimum absolute atomic E-state index is 0.0357. The third-order valence-electron chi connectivity index (χ3n) is 4.84. The largest absolute Gasteiger partial charge is 0.310 e. The highest BCUT2D eigenvalue weighted by Crippen LogP contribution is 2.27. The minimum Gasteiger partial charge on any atom is -0.310 e. The van der Waals surface area contributed by atoms with Crippen molar-refractivity contribution in [1.29, 1.82) is 0 Å². The first-order valence-corrected chi connectivity index (χ1v) is 9.57. The highest BCUT2D eigenvalue weighted by Gasteiger charge is 2.34. The van der Waals surface area contributed by atoms with Crippen LogP contribution in [0.3, 0.4) is 0 Å². The molecule has 0 saturated carbocycles. The molecule has 2 aliphatic rings. The van der Waals surface area contributed by atoms with E-state index in [-0.39, 0.29) is 5.41 Å². The van der Waals surface area contributed by atoms with Gasteiger partial charge in [0.1, 0.15) is 0 Å². The highest BCUT2D eigenvalue weighted by atomic mass is 32.2. The molecule has 0 aromatic heterocycles. The fourth-order valence-electron chi connectivity index (χ4n) is 3.41. The van der Waals surface area contributed by atoms with Crippen LogP contribution >= 0.6 is 0 Å². The lowest BCUT2D eigenvalue weighted by atomic mass is 9.87. The van der Waals surface area contributed by atoms with Crippen LogP contribution in [0.2, 0.25) is 0 Å². The van der Waals surface area contributed by atoms with E-state index >= 15 is 0 Å². The molecule has 2 aliphatic heterocycles. The lowest BCUT2D eigenvalue weighted by Crippen LogP contribution is -2.39. The smallest absolute Gasteiger partial charge is 0.243 e. The molecule has 1 aromatic rings. The molecule has 0 aliphatic carbocycles. The van der Waals surface area contributed by atoms with E-state index in [4.69, 9.17) is 0 Å². The second-order valence-electron chi connectivity index (χ2n) is 7.56. The van der Waals surface area contributed by atoms with Crippen molar-refractivity contribution in [2.24, 2.45) is 0 Å². The summed E-state index contributed by atoms with van der Waals surface area (Å²) in [5.74, 6) is 0. The van der Waals surface area contributed by atoms with E-state index < -0.39 is 10.0 Å². The number of rotatable bonds is 2. The van der Waals surface area contributed by atoms with Crippen LogP contribution in [0.4, 0.5) is 0 Å². The van der Waals surface area contributed by atoms with Crippen molar-refractivity contribution in [3.8, 4) is 0 Å². The first-order chi connectivity index (χ1) is 10.3. The minimum atomic E-state index is -3.38. The summed E-state index contributed by atoms with van der Waals surface area (Å²) in [6.07, 6.45) is 3.17. The van der Waals surface area contributed by atoms with Gasteiger partial charge in [-0.05, 0) is 42.4 Å². The molecule has 2 fully saturated rings. The molecule has 0 radical (unpaired) electrons. The predicted octanol–water partition coefficient (Wildman–Crippen LogP) is 2.50. The maximum Gasteiger partial charge on any atom is 0.243 e. The molecule has 1 aromatic carbocycles. The number of sulfonamides is 1. The Hall–Kier alpha value is -0.910. The van der Waals surface area contributed by atoms with Crippen molar-refractivity contribution in [2.75, 3.05) is 13.1 Å². The molecule has 2 saturated heterocycles. The number of hydrogen-bond donors (Lipinski definition) is 1. The van der Waals surface area contributed by atoms with Gasteiger partial charge >= 0.3 is 0 Å². The summed E-state index contributed by atoms with van der Waals surface area (Å²) >= 11 is 0. The SMILES string of the molecule is CC(C)(C)c1ccc(S(=O)(=O)N2CCC3CCC(C2)N3)cc1. The monoisotopic (exact) mass is 322 g/mol. The number of benzene rings is 1. The van der Waals surface area contributed by atoms with Crippen molar-refractivity contribution in [3.05, 3.63) is 29.8 Å². The summed E-state index contributed by atoms with van der Waals surface area (Å²) in [6, 6.07) is 8.20. The summed E-state index contributed by atoms with van der Waals surface area (Å²) in [5.41, 5.74) is 1.19. The molecule has 2 bridgehead atoms. The molecule has 4 nitrogen and oxygen atoms in total. The van der Waals surface area contributed by atoms with Crippen LogP contribution in [0, 0.1) is 0 Å². The van der Waals surface area contributed by atoms with Gasteiger partial charge in [-0.1, -0.05) is 32.9 Å². The zero-order chi connectivity index (χ0) is 16.0. The summed E-state index contributed by atoms with van der Waals surface area (Å²) in [5, 5.41) is 3.53. The van der Waals surface area contributed by atoms with Crippen LogP contribution in [-0.4, -0.2) is 37.9 Å². The average molecular weight is 322 g/mol. The highest BCUT2D eigenvalue weighted by molar-refractivity contribution is 7.89. The van der Waals surface area contributed by atoms with E-state index in [2.05, 4.69) is 26.1 Å². The van der Waals surface area contributed by atoms with Crippen molar-refractivity contribution < 1.29 is 8.42 Å². The van der Waals surface area contributed by atoms with Crippen LogP contribution < -0.4 is 5.32 Å². The van der Waals surface area contributed by atoms with E-state index in [9.17, 15) is 8.42 Å². The Morgan fingerprint density at radius 3 is 2.32 bits per heavy atom. The van der Waals surface area contributed by atoms with Gasteiger partial charge in [-0.15, -0.1) is 0 Å². The Morgan fingerprint density at radius 1 is 1.05 bits per heavy atom. The van der Waals surface area contributed by atoms with Crippen LogP contribution in [0.5, 0.6) is 0 Å². The van der Waals surface area contributed by atoms with E-state index in [0.717, 1.165) is 18.4 Å². The van der Waals surface area contributed by atoms with Gasteiger partial charge in [0.2, 0.25) is 10.0 Å². The Bertz CT molecular complexity index is 632. The Morgan fingerprint density at radius 2 is 1.68 bits per heavy atom. The zero-order valence-electron chi connectivity index (χ0n) is 13.7. The van der Waals surface area contributed by atoms with Crippen LogP contribution in [0.15, 0.2) is 29.2 Å². The fraction of sp³-hybridized carbons (Fsp3) is 0.647. The third-order valence-corrected chi connectivity index (χ3v) is 6.72. The van der Waals surface area contributed by atoms with E-state index in [1.165, 1.54) is 6.42 Å². The molecule has 122 valence electrons. The zero-order valence-corrected chi connectivity index (χ0v) is 14.5. The van der Waals surface area contributed by atoms with Gasteiger partial charge in [-0.25, -0.2) is 8.42 Å². The molecular weight excluding hydrogens is 296 g/mol. The van der Waals surface area contributed by atoms with Gasteiger partial charge in [0.25, 0.3) is 0 Å². The van der Waals surface area contributed by atoms with E-state index in [1.54, 1.807) is 16.4 Å². The Labute approximate surface area is 134 Å². The molecule has 3 rings (SSSR count). The summed E-state index contributed by atoms with van der Waals surface area (Å²) in [7, 11) is -3.38. The number of fused-ring (bicyclic) bond motifs is 2. The quantitative estimate of drug-likeness (QED) is 0.910. The van der Waals surface area contributed by atoms with Crippen molar-refractivity contribution in [1.82, 2.24) is 9.62 Å². The fourth-order valence-corrected chi connectivity index (χ4v) is 4.91. The molecule has 5 heteroatoms. The van der Waals surface area contributed by atoms with E-state index in [0.29, 0.717) is 30.1 Å².